The van der Waals surface area contributed by atoms with Crippen molar-refractivity contribution >= 4 is 27.7 Å². The van der Waals surface area contributed by atoms with Gasteiger partial charge in [-0.15, -0.1) is 0 Å². The maximum Gasteiger partial charge on any atom is 0.362 e. The molecule has 0 aliphatic rings. The first-order valence-corrected chi connectivity index (χ1v) is 7.16. The zero-order chi connectivity index (χ0) is 15.4. The van der Waals surface area contributed by atoms with Crippen molar-refractivity contribution in [2.75, 3.05) is 5.32 Å². The van der Waals surface area contributed by atoms with Gasteiger partial charge in [0, 0.05) is 6.04 Å². The predicted molar refractivity (Wildman–Crippen MR) is 82.1 cm³/mol. The van der Waals surface area contributed by atoms with Crippen LogP contribution in [0.25, 0.3) is 0 Å². The fourth-order valence-corrected chi connectivity index (χ4v) is 2.07. The van der Waals surface area contributed by atoms with E-state index in [4.69, 9.17) is 4.74 Å². The zero-order valence-corrected chi connectivity index (χ0v) is 13.1. The lowest BCUT2D eigenvalue weighted by Gasteiger charge is -2.10. The molecule has 2 rings (SSSR count). The molecule has 0 unspecified atom stereocenters. The van der Waals surface area contributed by atoms with Crippen molar-refractivity contribution in [3.63, 3.8) is 0 Å². The van der Waals surface area contributed by atoms with E-state index in [1.54, 1.807) is 18.2 Å². The van der Waals surface area contributed by atoms with Crippen LogP contribution in [0.5, 0.6) is 5.75 Å². The Balaban J connectivity index is 2.16. The van der Waals surface area contributed by atoms with Crippen LogP contribution in [0.15, 0.2) is 40.9 Å². The summed E-state index contributed by atoms with van der Waals surface area (Å²) in [5, 5.41) is 3.10. The number of rotatable bonds is 4. The third kappa shape index (κ3) is 4.26. The summed E-state index contributed by atoms with van der Waals surface area (Å²) in [5.74, 6) is -0.180. The van der Waals surface area contributed by atoms with Crippen LogP contribution in [0.2, 0.25) is 0 Å². The van der Waals surface area contributed by atoms with E-state index in [1.807, 2.05) is 13.8 Å². The number of halogens is 2. The summed E-state index contributed by atoms with van der Waals surface area (Å²) >= 11 is 3.15. The topological polar surface area (TPSA) is 51.2 Å². The monoisotopic (exact) mass is 352 g/mol. The van der Waals surface area contributed by atoms with Crippen molar-refractivity contribution in [3.8, 4) is 5.75 Å². The maximum atomic E-state index is 13.0. The van der Waals surface area contributed by atoms with Crippen LogP contribution in [-0.4, -0.2) is 17.0 Å². The molecule has 1 heterocycles. The van der Waals surface area contributed by atoms with Crippen LogP contribution in [0.4, 0.5) is 10.2 Å². The van der Waals surface area contributed by atoms with Crippen molar-refractivity contribution in [1.29, 1.82) is 0 Å². The molecule has 21 heavy (non-hydrogen) atoms. The maximum absolute atomic E-state index is 13.0. The van der Waals surface area contributed by atoms with Gasteiger partial charge in [0.2, 0.25) is 0 Å². The molecule has 0 saturated carbocycles. The summed E-state index contributed by atoms with van der Waals surface area (Å²) in [6, 6.07) is 9.08. The molecule has 0 fully saturated rings. The number of carbonyl (C=O) groups is 1. The summed E-state index contributed by atoms with van der Waals surface area (Å²) in [7, 11) is 0. The number of aromatic nitrogens is 1. The first kappa shape index (κ1) is 15.4. The number of nitrogens with zero attached hydrogens (tertiary/aromatic N) is 1. The zero-order valence-electron chi connectivity index (χ0n) is 11.6. The standard InChI is InChI=1S/C15H14BrFN2O2/c1-9(2)18-14-5-3-4-12(19-14)15(20)21-13-7-6-10(17)8-11(13)16/h3-9H,1-2H3,(H,18,19). The molecule has 0 atom stereocenters. The average Bonchev–Trinajstić information content (AvgIpc) is 2.41. The largest absolute Gasteiger partial charge is 0.421 e. The molecule has 0 amide bonds. The molecule has 0 aliphatic carbocycles. The van der Waals surface area contributed by atoms with Gasteiger partial charge in [-0.3, -0.25) is 0 Å². The van der Waals surface area contributed by atoms with Crippen molar-refractivity contribution in [2.45, 2.75) is 19.9 Å². The predicted octanol–water partition coefficient (Wildman–Crippen LogP) is 4.02. The molecule has 2 aromatic rings. The van der Waals surface area contributed by atoms with Crippen molar-refractivity contribution in [2.24, 2.45) is 0 Å². The van der Waals surface area contributed by atoms with Gasteiger partial charge < -0.3 is 10.1 Å². The van der Waals surface area contributed by atoms with Crippen LogP contribution < -0.4 is 10.1 Å². The Labute approximate surface area is 130 Å². The minimum absolute atomic E-state index is 0.178. The Hall–Kier alpha value is -1.95. The van der Waals surface area contributed by atoms with Gasteiger partial charge in [-0.2, -0.15) is 0 Å². The van der Waals surface area contributed by atoms with Gasteiger partial charge in [0.05, 0.1) is 4.47 Å². The lowest BCUT2D eigenvalue weighted by atomic mass is 10.3. The smallest absolute Gasteiger partial charge is 0.362 e. The number of esters is 1. The van der Waals surface area contributed by atoms with Crippen molar-refractivity contribution < 1.29 is 13.9 Å². The molecular weight excluding hydrogens is 339 g/mol. The van der Waals surface area contributed by atoms with Gasteiger partial charge in [-0.05, 0) is 60.1 Å². The molecule has 4 nitrogen and oxygen atoms in total. The summed E-state index contributed by atoms with van der Waals surface area (Å²) in [6.07, 6.45) is 0. The van der Waals surface area contributed by atoms with Crippen molar-refractivity contribution in [1.82, 2.24) is 4.98 Å². The van der Waals surface area contributed by atoms with Gasteiger partial charge in [-0.1, -0.05) is 6.07 Å². The Kier molecular flexibility index (Phi) is 4.90. The van der Waals surface area contributed by atoms with Gasteiger partial charge in [0.15, 0.2) is 5.69 Å². The molecule has 0 spiro atoms. The first-order chi connectivity index (χ1) is 9.95. The van der Waals surface area contributed by atoms with E-state index < -0.39 is 11.8 Å². The molecule has 0 radical (unpaired) electrons. The minimum atomic E-state index is -0.602. The van der Waals surface area contributed by atoms with Gasteiger partial charge in [0.1, 0.15) is 17.4 Å². The first-order valence-electron chi connectivity index (χ1n) is 6.36. The number of benzene rings is 1. The molecule has 1 aromatic heterocycles. The minimum Gasteiger partial charge on any atom is -0.421 e. The lowest BCUT2D eigenvalue weighted by molar-refractivity contribution is 0.0727. The Bertz CT molecular complexity index is 662. The fourth-order valence-electron chi connectivity index (χ4n) is 1.63. The van der Waals surface area contributed by atoms with Gasteiger partial charge in [0.25, 0.3) is 0 Å². The van der Waals surface area contributed by atoms with E-state index in [-0.39, 0.29) is 17.5 Å². The van der Waals surface area contributed by atoms with Crippen molar-refractivity contribution in [3.05, 3.63) is 52.4 Å². The van der Waals surface area contributed by atoms with E-state index >= 15 is 0 Å². The number of hydrogen-bond donors (Lipinski definition) is 1. The number of hydrogen-bond acceptors (Lipinski definition) is 4. The highest BCUT2D eigenvalue weighted by atomic mass is 79.9. The number of ether oxygens (including phenoxy) is 1. The molecule has 0 saturated heterocycles. The third-order valence-electron chi connectivity index (χ3n) is 2.49. The highest BCUT2D eigenvalue weighted by Gasteiger charge is 2.13. The fraction of sp³-hybridized carbons (Fsp3) is 0.200. The molecule has 1 N–H and O–H groups in total. The second-order valence-electron chi connectivity index (χ2n) is 4.67. The van der Waals surface area contributed by atoms with Gasteiger partial charge in [-0.25, -0.2) is 14.2 Å². The molecule has 0 bridgehead atoms. The van der Waals surface area contributed by atoms with Crippen LogP contribution in [0, 0.1) is 5.82 Å². The number of pyridine rings is 1. The normalized spacial score (nSPS) is 10.5. The second kappa shape index (κ2) is 6.67. The van der Waals surface area contributed by atoms with Crippen LogP contribution in [0.3, 0.4) is 0 Å². The molecule has 0 aliphatic heterocycles. The highest BCUT2D eigenvalue weighted by molar-refractivity contribution is 9.10. The van der Waals surface area contributed by atoms with E-state index in [2.05, 4.69) is 26.2 Å². The quantitative estimate of drug-likeness (QED) is 0.666. The van der Waals surface area contributed by atoms with E-state index in [0.717, 1.165) is 0 Å². The van der Waals surface area contributed by atoms with E-state index in [0.29, 0.717) is 10.3 Å². The number of nitrogens with one attached hydrogen (secondary N) is 1. The summed E-state index contributed by atoms with van der Waals surface area (Å²) in [6.45, 7) is 3.95. The summed E-state index contributed by atoms with van der Waals surface area (Å²) < 4.78 is 18.6. The average molecular weight is 353 g/mol. The number of anilines is 1. The Morgan fingerprint density at radius 3 is 2.76 bits per heavy atom. The van der Waals surface area contributed by atoms with Gasteiger partial charge >= 0.3 is 5.97 Å². The van der Waals surface area contributed by atoms with E-state index in [1.165, 1.54) is 18.2 Å². The van der Waals surface area contributed by atoms with Crippen LogP contribution in [0.1, 0.15) is 24.3 Å². The highest BCUT2D eigenvalue weighted by Crippen LogP contribution is 2.26. The second-order valence-corrected chi connectivity index (χ2v) is 5.53. The molecule has 110 valence electrons. The van der Waals surface area contributed by atoms with Crippen LogP contribution >= 0.6 is 15.9 Å². The van der Waals surface area contributed by atoms with Crippen LogP contribution in [-0.2, 0) is 0 Å². The summed E-state index contributed by atoms with van der Waals surface area (Å²) in [5.41, 5.74) is 0.178. The third-order valence-corrected chi connectivity index (χ3v) is 3.11. The Morgan fingerprint density at radius 2 is 2.10 bits per heavy atom. The molecule has 1 aromatic carbocycles. The summed E-state index contributed by atoms with van der Waals surface area (Å²) in [4.78, 5) is 16.2. The molecular formula is C15H14BrFN2O2. The Morgan fingerprint density at radius 1 is 1.33 bits per heavy atom. The van der Waals surface area contributed by atoms with E-state index in [9.17, 15) is 9.18 Å². The molecule has 6 heteroatoms. The SMILES string of the molecule is CC(C)Nc1cccc(C(=O)Oc2ccc(F)cc2Br)n1. The number of carbonyl (C=O) groups excluding carboxylic acids is 1. The lowest BCUT2D eigenvalue weighted by Crippen LogP contribution is -2.15.